The van der Waals surface area contributed by atoms with Crippen molar-refractivity contribution in [2.24, 2.45) is 5.41 Å². The topological polar surface area (TPSA) is 32.3 Å². The van der Waals surface area contributed by atoms with Gasteiger partial charge in [0.05, 0.1) is 6.10 Å². The van der Waals surface area contributed by atoms with Gasteiger partial charge >= 0.3 is 0 Å². The molecule has 0 heterocycles. The van der Waals surface area contributed by atoms with E-state index in [1.807, 2.05) is 31.2 Å². The van der Waals surface area contributed by atoms with Crippen LogP contribution >= 0.6 is 0 Å². The van der Waals surface area contributed by atoms with Crippen molar-refractivity contribution in [2.75, 3.05) is 13.1 Å². The lowest BCUT2D eigenvalue weighted by Crippen LogP contribution is -2.30. The van der Waals surface area contributed by atoms with Crippen molar-refractivity contribution in [1.82, 2.24) is 5.32 Å². The smallest absolute Gasteiger partial charge is 0.0914 e. The SMILES string of the molecule is Cc1cccc(C(O)CNCC(C)(C)C)c1. The Hall–Kier alpha value is -0.860. The van der Waals surface area contributed by atoms with E-state index in [2.05, 4.69) is 26.1 Å². The number of aryl methyl sites for hydroxylation is 1. The Kier molecular flexibility index (Phi) is 4.51. The zero-order valence-corrected chi connectivity index (χ0v) is 10.7. The second-order valence-electron chi connectivity index (χ2n) is 5.62. The monoisotopic (exact) mass is 221 g/mol. The summed E-state index contributed by atoms with van der Waals surface area (Å²) < 4.78 is 0. The number of benzene rings is 1. The van der Waals surface area contributed by atoms with Gasteiger partial charge in [-0.25, -0.2) is 0 Å². The number of hydrogen-bond donors (Lipinski definition) is 2. The summed E-state index contributed by atoms with van der Waals surface area (Å²) >= 11 is 0. The highest BCUT2D eigenvalue weighted by molar-refractivity contribution is 5.24. The number of rotatable bonds is 4. The molecule has 2 nitrogen and oxygen atoms in total. The van der Waals surface area contributed by atoms with Crippen LogP contribution in [0.25, 0.3) is 0 Å². The molecule has 2 N–H and O–H groups in total. The van der Waals surface area contributed by atoms with E-state index in [9.17, 15) is 5.11 Å². The summed E-state index contributed by atoms with van der Waals surface area (Å²) in [5.74, 6) is 0. The third kappa shape index (κ3) is 4.77. The van der Waals surface area contributed by atoms with Crippen molar-refractivity contribution in [2.45, 2.75) is 33.8 Å². The van der Waals surface area contributed by atoms with E-state index in [1.165, 1.54) is 5.56 Å². The van der Waals surface area contributed by atoms with E-state index in [-0.39, 0.29) is 5.41 Å². The van der Waals surface area contributed by atoms with Crippen molar-refractivity contribution in [1.29, 1.82) is 0 Å². The Morgan fingerprint density at radius 2 is 2.00 bits per heavy atom. The van der Waals surface area contributed by atoms with Crippen LogP contribution in [0.1, 0.15) is 38.0 Å². The van der Waals surface area contributed by atoms with Crippen molar-refractivity contribution < 1.29 is 5.11 Å². The van der Waals surface area contributed by atoms with E-state index >= 15 is 0 Å². The number of hydrogen-bond acceptors (Lipinski definition) is 2. The molecule has 90 valence electrons. The molecule has 0 aliphatic rings. The van der Waals surface area contributed by atoms with Crippen LogP contribution in [0.5, 0.6) is 0 Å². The van der Waals surface area contributed by atoms with E-state index in [4.69, 9.17) is 0 Å². The van der Waals surface area contributed by atoms with Crippen LogP contribution in [0.2, 0.25) is 0 Å². The maximum Gasteiger partial charge on any atom is 0.0914 e. The molecule has 0 saturated carbocycles. The quantitative estimate of drug-likeness (QED) is 0.819. The van der Waals surface area contributed by atoms with Gasteiger partial charge < -0.3 is 10.4 Å². The molecule has 0 radical (unpaired) electrons. The molecule has 1 aromatic rings. The van der Waals surface area contributed by atoms with Crippen molar-refractivity contribution in [3.8, 4) is 0 Å². The maximum atomic E-state index is 9.98. The Labute approximate surface area is 98.7 Å². The van der Waals surface area contributed by atoms with Crippen molar-refractivity contribution >= 4 is 0 Å². The molecule has 0 spiro atoms. The zero-order valence-electron chi connectivity index (χ0n) is 10.7. The number of aliphatic hydroxyl groups excluding tert-OH is 1. The summed E-state index contributed by atoms with van der Waals surface area (Å²) in [6.07, 6.45) is -0.415. The standard InChI is InChI=1S/C14H23NO/c1-11-6-5-7-12(8-11)13(16)9-15-10-14(2,3)4/h5-8,13,15-16H,9-10H2,1-4H3. The van der Waals surface area contributed by atoms with Gasteiger partial charge in [-0.15, -0.1) is 0 Å². The molecule has 1 rings (SSSR count). The molecule has 0 aliphatic heterocycles. The van der Waals surface area contributed by atoms with E-state index in [0.717, 1.165) is 12.1 Å². The van der Waals surface area contributed by atoms with Gasteiger partial charge in [0.2, 0.25) is 0 Å². The van der Waals surface area contributed by atoms with Gasteiger partial charge in [-0.1, -0.05) is 50.6 Å². The van der Waals surface area contributed by atoms with Crippen molar-refractivity contribution in [3.63, 3.8) is 0 Å². The van der Waals surface area contributed by atoms with Crippen LogP contribution in [0.3, 0.4) is 0 Å². The fourth-order valence-electron chi connectivity index (χ4n) is 1.58. The summed E-state index contributed by atoms with van der Waals surface area (Å²) in [6, 6.07) is 8.02. The molecule has 16 heavy (non-hydrogen) atoms. The average Bonchev–Trinajstić information content (AvgIpc) is 2.15. The zero-order chi connectivity index (χ0) is 12.2. The Bertz CT molecular complexity index is 328. The Morgan fingerprint density at radius 1 is 1.31 bits per heavy atom. The van der Waals surface area contributed by atoms with Crippen molar-refractivity contribution in [3.05, 3.63) is 35.4 Å². The fraction of sp³-hybridized carbons (Fsp3) is 0.571. The van der Waals surface area contributed by atoms with Crippen LogP contribution in [0, 0.1) is 12.3 Å². The molecular weight excluding hydrogens is 198 g/mol. The van der Waals surface area contributed by atoms with Gasteiger partial charge in [-0.2, -0.15) is 0 Å². The molecular formula is C14H23NO. The lowest BCUT2D eigenvalue weighted by atomic mass is 9.97. The molecule has 0 aliphatic carbocycles. The van der Waals surface area contributed by atoms with Gasteiger partial charge in [0, 0.05) is 13.1 Å². The summed E-state index contributed by atoms with van der Waals surface area (Å²) in [7, 11) is 0. The molecule has 0 fully saturated rings. The van der Waals surface area contributed by atoms with Gasteiger partial charge in [-0.05, 0) is 17.9 Å². The predicted molar refractivity (Wildman–Crippen MR) is 68.5 cm³/mol. The molecule has 1 unspecified atom stereocenters. The minimum atomic E-state index is -0.415. The highest BCUT2D eigenvalue weighted by Crippen LogP contribution is 2.15. The molecule has 0 aromatic heterocycles. The van der Waals surface area contributed by atoms with Crippen LogP contribution in [0.15, 0.2) is 24.3 Å². The lowest BCUT2D eigenvalue weighted by Gasteiger charge is -2.20. The highest BCUT2D eigenvalue weighted by Gasteiger charge is 2.11. The second-order valence-corrected chi connectivity index (χ2v) is 5.62. The van der Waals surface area contributed by atoms with Crippen LogP contribution in [0.4, 0.5) is 0 Å². The average molecular weight is 221 g/mol. The first-order valence-corrected chi connectivity index (χ1v) is 5.84. The summed E-state index contributed by atoms with van der Waals surface area (Å²) in [4.78, 5) is 0. The van der Waals surface area contributed by atoms with Crippen LogP contribution < -0.4 is 5.32 Å². The summed E-state index contributed by atoms with van der Waals surface area (Å²) in [5.41, 5.74) is 2.43. The third-order valence-electron chi connectivity index (χ3n) is 2.42. The summed E-state index contributed by atoms with van der Waals surface area (Å²) in [6.45, 7) is 10.1. The third-order valence-corrected chi connectivity index (χ3v) is 2.42. The van der Waals surface area contributed by atoms with Gasteiger partial charge in [0.1, 0.15) is 0 Å². The first-order valence-electron chi connectivity index (χ1n) is 5.84. The normalized spacial score (nSPS) is 13.8. The van der Waals surface area contributed by atoms with E-state index in [0.29, 0.717) is 6.54 Å². The first kappa shape index (κ1) is 13.2. The number of aliphatic hydroxyl groups is 1. The molecule has 0 saturated heterocycles. The van der Waals surface area contributed by atoms with Crippen LogP contribution in [-0.2, 0) is 0 Å². The molecule has 0 amide bonds. The maximum absolute atomic E-state index is 9.98. The molecule has 1 atom stereocenters. The summed E-state index contributed by atoms with van der Waals surface area (Å²) in [5, 5.41) is 13.3. The minimum Gasteiger partial charge on any atom is -0.387 e. The number of nitrogens with one attached hydrogen (secondary N) is 1. The van der Waals surface area contributed by atoms with E-state index in [1.54, 1.807) is 0 Å². The second kappa shape index (κ2) is 5.46. The fourth-order valence-corrected chi connectivity index (χ4v) is 1.58. The van der Waals surface area contributed by atoms with Gasteiger partial charge in [-0.3, -0.25) is 0 Å². The van der Waals surface area contributed by atoms with Crippen LogP contribution in [-0.4, -0.2) is 18.2 Å². The molecule has 0 bridgehead atoms. The lowest BCUT2D eigenvalue weighted by molar-refractivity contribution is 0.169. The Morgan fingerprint density at radius 3 is 2.56 bits per heavy atom. The van der Waals surface area contributed by atoms with Gasteiger partial charge in [0.15, 0.2) is 0 Å². The largest absolute Gasteiger partial charge is 0.387 e. The first-order chi connectivity index (χ1) is 7.38. The molecule has 1 aromatic carbocycles. The molecule has 2 heteroatoms. The Balaban J connectivity index is 2.44. The highest BCUT2D eigenvalue weighted by atomic mass is 16.3. The van der Waals surface area contributed by atoms with Gasteiger partial charge in [0.25, 0.3) is 0 Å². The van der Waals surface area contributed by atoms with E-state index < -0.39 is 6.10 Å². The minimum absolute atomic E-state index is 0.256. The predicted octanol–water partition coefficient (Wildman–Crippen LogP) is 2.66.